The van der Waals surface area contributed by atoms with Gasteiger partial charge in [0.05, 0.1) is 18.1 Å². The van der Waals surface area contributed by atoms with Crippen LogP contribution in [-0.4, -0.2) is 11.0 Å². The number of aliphatic hydroxyl groups excluding tert-OH is 1. The molecule has 0 saturated carbocycles. The standard InChI is InChI=1S/C24H21BrFNO2/c25-21-9-5-4-8-19(21)23-20(24(29)27(23)18-6-2-1-3-7-18)14-15-22(28)16-10-12-17(26)13-11-16/h1-13,20,22-23,28H,14-15H2/t20-,22+,23-/m1/s1. The Labute approximate surface area is 177 Å². The first-order valence-electron chi connectivity index (χ1n) is 9.62. The highest BCUT2D eigenvalue weighted by molar-refractivity contribution is 9.10. The molecule has 1 aliphatic heterocycles. The molecule has 1 heterocycles. The summed E-state index contributed by atoms with van der Waals surface area (Å²) in [5, 5.41) is 10.5. The Hall–Kier alpha value is -2.50. The summed E-state index contributed by atoms with van der Waals surface area (Å²) in [7, 11) is 0. The number of para-hydroxylation sites is 1. The molecule has 0 aromatic heterocycles. The van der Waals surface area contributed by atoms with Gasteiger partial charge in [0.2, 0.25) is 5.91 Å². The Bertz CT molecular complexity index is 993. The van der Waals surface area contributed by atoms with E-state index in [1.165, 1.54) is 12.1 Å². The van der Waals surface area contributed by atoms with Crippen molar-refractivity contribution in [3.05, 3.63) is 100 Å². The summed E-state index contributed by atoms with van der Waals surface area (Å²) in [5.74, 6) is -0.491. The molecule has 3 atom stereocenters. The first-order valence-corrected chi connectivity index (χ1v) is 10.4. The Morgan fingerprint density at radius 1 is 0.966 bits per heavy atom. The number of β-lactam (4-membered cyclic amide) rings is 1. The van der Waals surface area contributed by atoms with Gasteiger partial charge < -0.3 is 10.0 Å². The molecule has 0 bridgehead atoms. The Morgan fingerprint density at radius 3 is 2.31 bits per heavy atom. The van der Waals surface area contributed by atoms with Crippen molar-refractivity contribution in [2.75, 3.05) is 4.90 Å². The lowest BCUT2D eigenvalue weighted by molar-refractivity contribution is -0.131. The van der Waals surface area contributed by atoms with Crippen molar-refractivity contribution in [2.45, 2.75) is 25.0 Å². The fourth-order valence-corrected chi connectivity index (χ4v) is 4.49. The van der Waals surface area contributed by atoms with Gasteiger partial charge in [-0.1, -0.05) is 64.5 Å². The monoisotopic (exact) mass is 453 g/mol. The molecular weight excluding hydrogens is 433 g/mol. The number of carbonyl (C=O) groups excluding carboxylic acids is 1. The maximum atomic E-state index is 13.1. The molecule has 3 aromatic carbocycles. The molecule has 0 radical (unpaired) electrons. The number of aliphatic hydroxyl groups is 1. The van der Waals surface area contributed by atoms with Gasteiger partial charge in [-0.25, -0.2) is 4.39 Å². The Kier molecular flexibility index (Phi) is 5.79. The average molecular weight is 454 g/mol. The minimum atomic E-state index is -0.728. The normalized spacial score (nSPS) is 19.7. The summed E-state index contributed by atoms with van der Waals surface area (Å²) in [6.07, 6.45) is 0.257. The number of hydrogen-bond donors (Lipinski definition) is 1. The zero-order chi connectivity index (χ0) is 20.4. The van der Waals surface area contributed by atoms with Crippen molar-refractivity contribution in [3.63, 3.8) is 0 Å². The highest BCUT2D eigenvalue weighted by Crippen LogP contribution is 2.47. The van der Waals surface area contributed by atoms with Crippen molar-refractivity contribution in [1.82, 2.24) is 0 Å². The zero-order valence-electron chi connectivity index (χ0n) is 15.7. The van der Waals surface area contributed by atoms with Crippen molar-refractivity contribution < 1.29 is 14.3 Å². The van der Waals surface area contributed by atoms with Gasteiger partial charge in [0, 0.05) is 10.2 Å². The number of anilines is 1. The molecule has 1 N–H and O–H groups in total. The maximum absolute atomic E-state index is 13.1. The van der Waals surface area contributed by atoms with Crippen molar-refractivity contribution >= 4 is 27.5 Å². The molecule has 5 heteroatoms. The maximum Gasteiger partial charge on any atom is 0.233 e. The second kappa shape index (κ2) is 8.47. The lowest BCUT2D eigenvalue weighted by Crippen LogP contribution is -2.55. The SMILES string of the molecule is O=C1[C@H](CC[C@H](O)c2ccc(F)cc2)[C@@H](c2ccccc2Br)N1c1ccccc1. The van der Waals surface area contributed by atoms with Gasteiger partial charge in [-0.3, -0.25) is 4.79 Å². The highest BCUT2D eigenvalue weighted by atomic mass is 79.9. The van der Waals surface area contributed by atoms with Gasteiger partial charge in [-0.05, 0) is 54.3 Å². The third-order valence-corrected chi connectivity index (χ3v) is 6.20. The first kappa shape index (κ1) is 19.8. The fraction of sp³-hybridized carbons (Fsp3) is 0.208. The van der Waals surface area contributed by atoms with Crippen LogP contribution in [0.4, 0.5) is 10.1 Å². The summed E-state index contributed by atoms with van der Waals surface area (Å²) >= 11 is 3.62. The summed E-state index contributed by atoms with van der Waals surface area (Å²) in [6.45, 7) is 0. The number of benzene rings is 3. The molecule has 1 fully saturated rings. The number of hydrogen-bond acceptors (Lipinski definition) is 2. The van der Waals surface area contributed by atoms with E-state index in [1.54, 1.807) is 12.1 Å². The van der Waals surface area contributed by atoms with Crippen LogP contribution in [0.3, 0.4) is 0 Å². The number of amides is 1. The van der Waals surface area contributed by atoms with Crippen LogP contribution in [-0.2, 0) is 4.79 Å². The molecule has 4 rings (SSSR count). The lowest BCUT2D eigenvalue weighted by Gasteiger charge is -2.48. The largest absolute Gasteiger partial charge is 0.388 e. The van der Waals surface area contributed by atoms with E-state index in [0.29, 0.717) is 18.4 Å². The van der Waals surface area contributed by atoms with Crippen molar-refractivity contribution in [2.24, 2.45) is 5.92 Å². The van der Waals surface area contributed by atoms with Gasteiger partial charge in [0.25, 0.3) is 0 Å². The molecule has 29 heavy (non-hydrogen) atoms. The van der Waals surface area contributed by atoms with E-state index in [-0.39, 0.29) is 23.7 Å². The van der Waals surface area contributed by atoms with Crippen molar-refractivity contribution in [1.29, 1.82) is 0 Å². The minimum Gasteiger partial charge on any atom is -0.388 e. The van der Waals surface area contributed by atoms with Crippen LogP contribution >= 0.6 is 15.9 Å². The van der Waals surface area contributed by atoms with Crippen LogP contribution in [0.1, 0.15) is 36.1 Å². The minimum absolute atomic E-state index is 0.0586. The van der Waals surface area contributed by atoms with Gasteiger partial charge >= 0.3 is 0 Å². The predicted molar refractivity (Wildman–Crippen MR) is 115 cm³/mol. The molecule has 1 aliphatic rings. The second-order valence-electron chi connectivity index (χ2n) is 7.26. The molecule has 3 aromatic rings. The number of nitrogens with zero attached hydrogens (tertiary/aromatic N) is 1. The molecule has 1 saturated heterocycles. The quantitative estimate of drug-likeness (QED) is 0.478. The Morgan fingerprint density at radius 2 is 1.62 bits per heavy atom. The van der Waals surface area contributed by atoms with Crippen LogP contribution in [0.2, 0.25) is 0 Å². The molecule has 0 aliphatic carbocycles. The topological polar surface area (TPSA) is 40.5 Å². The van der Waals surface area contributed by atoms with Crippen LogP contribution in [0.15, 0.2) is 83.3 Å². The van der Waals surface area contributed by atoms with E-state index < -0.39 is 6.10 Å². The van der Waals surface area contributed by atoms with E-state index >= 15 is 0 Å². The highest BCUT2D eigenvalue weighted by Gasteiger charge is 2.48. The van der Waals surface area contributed by atoms with E-state index in [9.17, 15) is 14.3 Å². The lowest BCUT2D eigenvalue weighted by atomic mass is 9.78. The summed E-state index contributed by atoms with van der Waals surface area (Å²) in [6, 6.07) is 23.3. The Balaban J connectivity index is 1.56. The van der Waals surface area contributed by atoms with E-state index in [2.05, 4.69) is 15.9 Å². The summed E-state index contributed by atoms with van der Waals surface area (Å²) in [5.41, 5.74) is 2.58. The molecule has 3 nitrogen and oxygen atoms in total. The number of rotatable bonds is 6. The van der Waals surface area contributed by atoms with Gasteiger partial charge in [0.15, 0.2) is 0 Å². The third kappa shape index (κ3) is 3.98. The van der Waals surface area contributed by atoms with Gasteiger partial charge in [-0.2, -0.15) is 0 Å². The average Bonchev–Trinajstić information content (AvgIpc) is 2.74. The van der Waals surface area contributed by atoms with Gasteiger partial charge in [0.1, 0.15) is 5.82 Å². The molecule has 0 spiro atoms. The predicted octanol–water partition coefficient (Wildman–Crippen LogP) is 5.81. The van der Waals surface area contributed by atoms with E-state index in [1.807, 2.05) is 59.5 Å². The number of carbonyl (C=O) groups is 1. The van der Waals surface area contributed by atoms with E-state index in [0.717, 1.165) is 15.7 Å². The van der Waals surface area contributed by atoms with Gasteiger partial charge in [-0.15, -0.1) is 0 Å². The number of halogens is 2. The smallest absolute Gasteiger partial charge is 0.233 e. The summed E-state index contributed by atoms with van der Waals surface area (Å²) < 4.78 is 14.1. The summed E-state index contributed by atoms with van der Waals surface area (Å²) in [4.78, 5) is 14.9. The van der Waals surface area contributed by atoms with Crippen LogP contribution in [0.5, 0.6) is 0 Å². The van der Waals surface area contributed by atoms with E-state index in [4.69, 9.17) is 0 Å². The van der Waals surface area contributed by atoms with Crippen molar-refractivity contribution in [3.8, 4) is 0 Å². The zero-order valence-corrected chi connectivity index (χ0v) is 17.3. The fourth-order valence-electron chi connectivity index (χ4n) is 3.97. The molecule has 0 unspecified atom stereocenters. The first-order chi connectivity index (χ1) is 14.1. The molecule has 1 amide bonds. The van der Waals surface area contributed by atoms with Crippen LogP contribution < -0.4 is 4.90 Å². The van der Waals surface area contributed by atoms with Crippen LogP contribution in [0, 0.1) is 11.7 Å². The molecule has 148 valence electrons. The molecular formula is C24H21BrFNO2. The second-order valence-corrected chi connectivity index (χ2v) is 8.12. The third-order valence-electron chi connectivity index (χ3n) is 5.48. The van der Waals surface area contributed by atoms with Crippen LogP contribution in [0.25, 0.3) is 0 Å².